The van der Waals surface area contributed by atoms with Gasteiger partial charge in [-0.3, -0.25) is 9.48 Å². The highest BCUT2D eigenvalue weighted by Gasteiger charge is 2.57. The van der Waals surface area contributed by atoms with E-state index >= 15 is 0 Å². The molecule has 1 aromatic heterocycles. The molecule has 1 spiro atoms. The molecule has 0 aliphatic heterocycles. The lowest BCUT2D eigenvalue weighted by Crippen LogP contribution is -2.32. The largest absolute Gasteiger partial charge is 0.481 e. The molecular formula is C11H14N2O2. The molecule has 2 aliphatic rings. The highest BCUT2D eigenvalue weighted by Crippen LogP contribution is 2.58. The minimum absolute atomic E-state index is 0.0618. The molecule has 2 aliphatic carbocycles. The lowest BCUT2D eigenvalue weighted by atomic mass is 9.75. The maximum atomic E-state index is 11.2. The normalized spacial score (nSPS) is 26.3. The second-order valence-electron chi connectivity index (χ2n) is 4.75. The summed E-state index contributed by atoms with van der Waals surface area (Å²) in [4.78, 5) is 11.2. The van der Waals surface area contributed by atoms with Crippen molar-refractivity contribution in [3.05, 3.63) is 17.5 Å². The first kappa shape index (κ1) is 8.95. The predicted molar refractivity (Wildman–Crippen MR) is 53.6 cm³/mol. The number of hydrogen-bond donors (Lipinski definition) is 1. The van der Waals surface area contributed by atoms with Crippen LogP contribution in [0.4, 0.5) is 0 Å². The Morgan fingerprint density at radius 3 is 3.00 bits per heavy atom. The van der Waals surface area contributed by atoms with Crippen molar-refractivity contribution in [1.29, 1.82) is 0 Å². The molecule has 3 rings (SSSR count). The van der Waals surface area contributed by atoms with E-state index in [0.717, 1.165) is 31.4 Å². The molecule has 1 aromatic rings. The molecule has 0 saturated heterocycles. The molecule has 4 heteroatoms. The van der Waals surface area contributed by atoms with E-state index in [2.05, 4.69) is 5.10 Å². The van der Waals surface area contributed by atoms with E-state index in [4.69, 9.17) is 0 Å². The first-order chi connectivity index (χ1) is 7.13. The molecule has 0 radical (unpaired) electrons. The summed E-state index contributed by atoms with van der Waals surface area (Å²) < 4.78 is 1.81. The topological polar surface area (TPSA) is 55.1 Å². The van der Waals surface area contributed by atoms with E-state index in [1.807, 2.05) is 17.9 Å². The summed E-state index contributed by atoms with van der Waals surface area (Å²) >= 11 is 0. The summed E-state index contributed by atoms with van der Waals surface area (Å²) in [6.45, 7) is 0. The van der Waals surface area contributed by atoms with Gasteiger partial charge in [-0.15, -0.1) is 0 Å². The minimum atomic E-state index is -0.637. The van der Waals surface area contributed by atoms with Crippen LogP contribution in [0.5, 0.6) is 0 Å². The molecule has 0 amide bonds. The van der Waals surface area contributed by atoms with Crippen LogP contribution in [0.25, 0.3) is 0 Å². The van der Waals surface area contributed by atoms with Crippen LogP contribution in [0.15, 0.2) is 6.20 Å². The van der Waals surface area contributed by atoms with Crippen LogP contribution < -0.4 is 0 Å². The van der Waals surface area contributed by atoms with Crippen LogP contribution in [-0.2, 0) is 23.7 Å². The quantitative estimate of drug-likeness (QED) is 0.748. The van der Waals surface area contributed by atoms with E-state index < -0.39 is 5.97 Å². The van der Waals surface area contributed by atoms with Gasteiger partial charge in [0.15, 0.2) is 0 Å². The highest BCUT2D eigenvalue weighted by atomic mass is 16.4. The predicted octanol–water partition coefficient (Wildman–Crippen LogP) is 1.10. The van der Waals surface area contributed by atoms with Crippen molar-refractivity contribution in [1.82, 2.24) is 9.78 Å². The van der Waals surface area contributed by atoms with Crippen molar-refractivity contribution in [3.63, 3.8) is 0 Å². The molecule has 1 fully saturated rings. The molecule has 80 valence electrons. The van der Waals surface area contributed by atoms with Gasteiger partial charge in [0.1, 0.15) is 0 Å². The Labute approximate surface area is 87.9 Å². The minimum Gasteiger partial charge on any atom is -0.481 e. The van der Waals surface area contributed by atoms with Gasteiger partial charge in [-0.25, -0.2) is 0 Å². The van der Waals surface area contributed by atoms with Gasteiger partial charge < -0.3 is 5.11 Å². The fraction of sp³-hybridized carbons (Fsp3) is 0.636. The summed E-state index contributed by atoms with van der Waals surface area (Å²) in [7, 11) is 1.91. The van der Waals surface area contributed by atoms with Crippen LogP contribution in [0.3, 0.4) is 0 Å². The first-order valence-electron chi connectivity index (χ1n) is 5.39. The van der Waals surface area contributed by atoms with Crippen molar-refractivity contribution in [2.45, 2.75) is 31.1 Å². The van der Waals surface area contributed by atoms with Gasteiger partial charge in [0.05, 0.1) is 11.6 Å². The maximum absolute atomic E-state index is 11.2. The Bertz CT molecular complexity index is 432. The van der Waals surface area contributed by atoms with Gasteiger partial charge in [0, 0.05) is 24.2 Å². The van der Waals surface area contributed by atoms with Crippen molar-refractivity contribution in [3.8, 4) is 0 Å². The number of aryl methyl sites for hydroxylation is 2. The van der Waals surface area contributed by atoms with Gasteiger partial charge in [-0.2, -0.15) is 5.10 Å². The van der Waals surface area contributed by atoms with Gasteiger partial charge in [-0.05, 0) is 25.7 Å². The smallest absolute Gasteiger partial charge is 0.307 e. The fourth-order valence-corrected chi connectivity index (χ4v) is 2.99. The van der Waals surface area contributed by atoms with Crippen LogP contribution >= 0.6 is 0 Å². The average Bonchev–Trinajstić information content (AvgIpc) is 2.82. The second kappa shape index (κ2) is 2.62. The van der Waals surface area contributed by atoms with E-state index in [9.17, 15) is 9.90 Å². The van der Waals surface area contributed by atoms with Crippen molar-refractivity contribution in [2.24, 2.45) is 13.0 Å². The second-order valence-corrected chi connectivity index (χ2v) is 4.75. The monoisotopic (exact) mass is 206 g/mol. The van der Waals surface area contributed by atoms with Gasteiger partial charge in [-0.1, -0.05) is 0 Å². The van der Waals surface area contributed by atoms with Crippen molar-refractivity contribution < 1.29 is 9.90 Å². The molecule has 0 aromatic carbocycles. The Morgan fingerprint density at radius 2 is 2.40 bits per heavy atom. The van der Waals surface area contributed by atoms with E-state index in [1.54, 1.807) is 0 Å². The number of hydrogen-bond acceptors (Lipinski definition) is 2. The summed E-state index contributed by atoms with van der Waals surface area (Å²) in [5.41, 5.74) is 2.25. The van der Waals surface area contributed by atoms with Crippen LogP contribution in [0.2, 0.25) is 0 Å². The van der Waals surface area contributed by atoms with Gasteiger partial charge in [0.25, 0.3) is 0 Å². The Kier molecular flexibility index (Phi) is 1.56. The van der Waals surface area contributed by atoms with Crippen LogP contribution in [-0.4, -0.2) is 20.9 Å². The summed E-state index contributed by atoms with van der Waals surface area (Å²) in [5.74, 6) is -0.823. The van der Waals surface area contributed by atoms with Crippen molar-refractivity contribution in [2.75, 3.05) is 0 Å². The number of carboxylic acid groups (broad SMARTS) is 1. The maximum Gasteiger partial charge on any atom is 0.307 e. The van der Waals surface area contributed by atoms with E-state index in [1.165, 1.54) is 5.56 Å². The molecule has 1 saturated carbocycles. The molecular weight excluding hydrogens is 192 g/mol. The van der Waals surface area contributed by atoms with Crippen LogP contribution in [0.1, 0.15) is 30.5 Å². The zero-order valence-electron chi connectivity index (χ0n) is 8.73. The molecule has 1 atom stereocenters. The zero-order chi connectivity index (χ0) is 10.6. The van der Waals surface area contributed by atoms with Crippen LogP contribution in [0, 0.1) is 5.92 Å². The third-order valence-electron chi connectivity index (χ3n) is 3.87. The van der Waals surface area contributed by atoms with Gasteiger partial charge >= 0.3 is 5.97 Å². The highest BCUT2D eigenvalue weighted by molar-refractivity contribution is 5.74. The number of nitrogens with zero attached hydrogens (tertiary/aromatic N) is 2. The number of rotatable bonds is 1. The molecule has 15 heavy (non-hydrogen) atoms. The van der Waals surface area contributed by atoms with E-state index in [0.29, 0.717) is 0 Å². The van der Waals surface area contributed by atoms with Crippen molar-refractivity contribution >= 4 is 5.97 Å². The number of aliphatic carboxylic acids is 1. The van der Waals surface area contributed by atoms with Gasteiger partial charge in [0.2, 0.25) is 0 Å². The lowest BCUT2D eigenvalue weighted by molar-refractivity contribution is -0.143. The average molecular weight is 206 g/mol. The number of aromatic nitrogens is 2. The standard InChI is InChI=1S/C11H14N2O2/c1-13-6-8-9(12-13)3-2-7(10(14)15)11(8)4-5-11/h6-7H,2-5H2,1H3,(H,14,15). The third-order valence-corrected chi connectivity index (χ3v) is 3.87. The Hall–Kier alpha value is -1.32. The molecule has 1 heterocycles. The van der Waals surface area contributed by atoms with E-state index in [-0.39, 0.29) is 11.3 Å². The Balaban J connectivity index is 2.09. The summed E-state index contributed by atoms with van der Waals surface area (Å²) in [5, 5.41) is 13.6. The number of carbonyl (C=O) groups is 1. The SMILES string of the molecule is Cn1cc2c(n1)CCC(C(=O)O)C21CC1. The third kappa shape index (κ3) is 1.07. The molecule has 1 unspecified atom stereocenters. The molecule has 1 N–H and O–H groups in total. The first-order valence-corrected chi connectivity index (χ1v) is 5.39. The Morgan fingerprint density at radius 1 is 1.67 bits per heavy atom. The molecule has 0 bridgehead atoms. The summed E-state index contributed by atoms with van der Waals surface area (Å²) in [6, 6.07) is 0. The number of fused-ring (bicyclic) bond motifs is 2. The lowest BCUT2D eigenvalue weighted by Gasteiger charge is -2.27. The summed E-state index contributed by atoms with van der Waals surface area (Å²) in [6.07, 6.45) is 5.61. The molecule has 4 nitrogen and oxygen atoms in total. The fourth-order valence-electron chi connectivity index (χ4n) is 2.99. The zero-order valence-corrected chi connectivity index (χ0v) is 8.73. The number of carboxylic acids is 1.